The summed E-state index contributed by atoms with van der Waals surface area (Å²) in [5.74, 6) is -0.194. The molecule has 1 aromatic rings. The molecule has 0 saturated heterocycles. The first-order valence-corrected chi connectivity index (χ1v) is 5.19. The molecule has 0 aliphatic rings. The summed E-state index contributed by atoms with van der Waals surface area (Å²) in [7, 11) is 0. The van der Waals surface area contributed by atoms with Gasteiger partial charge in [-0.05, 0) is 18.6 Å². The van der Waals surface area contributed by atoms with Crippen LogP contribution in [0, 0.1) is 0 Å². The van der Waals surface area contributed by atoms with Crippen molar-refractivity contribution in [3.63, 3.8) is 0 Å². The molecule has 0 saturated carbocycles. The molecule has 0 aromatic carbocycles. The third-order valence-electron chi connectivity index (χ3n) is 1.93. The van der Waals surface area contributed by atoms with Gasteiger partial charge in [0.05, 0.1) is 17.9 Å². The molecule has 1 amide bonds. The van der Waals surface area contributed by atoms with Gasteiger partial charge in [0.15, 0.2) is 0 Å². The molecule has 0 spiro atoms. The van der Waals surface area contributed by atoms with E-state index in [1.807, 2.05) is 6.92 Å². The Kier molecular flexibility index (Phi) is 4.52. The number of nitrogens with one attached hydrogen (secondary N) is 1. The van der Waals surface area contributed by atoms with Crippen molar-refractivity contribution < 1.29 is 4.79 Å². The number of rotatable bonds is 4. The van der Waals surface area contributed by atoms with Gasteiger partial charge in [0, 0.05) is 0 Å². The van der Waals surface area contributed by atoms with Crippen LogP contribution in [0.2, 0.25) is 5.15 Å². The Morgan fingerprint density at radius 3 is 2.93 bits per heavy atom. The van der Waals surface area contributed by atoms with Crippen LogP contribution in [0.1, 0.15) is 19.8 Å². The number of pyridine rings is 1. The Labute approximate surface area is 93.8 Å². The van der Waals surface area contributed by atoms with E-state index in [-0.39, 0.29) is 5.91 Å². The van der Waals surface area contributed by atoms with Crippen molar-refractivity contribution in [3.05, 3.63) is 23.5 Å². The van der Waals surface area contributed by atoms with Crippen LogP contribution in [-0.4, -0.2) is 16.9 Å². The maximum absolute atomic E-state index is 11.5. The van der Waals surface area contributed by atoms with Crippen LogP contribution in [-0.2, 0) is 4.79 Å². The van der Waals surface area contributed by atoms with Crippen molar-refractivity contribution in [1.29, 1.82) is 0 Å². The number of carbonyl (C=O) groups is 1. The Hall–Kier alpha value is -1.13. The Bertz CT molecular complexity index is 326. The zero-order valence-corrected chi connectivity index (χ0v) is 9.29. The molecule has 0 radical (unpaired) electrons. The number of carbonyl (C=O) groups excluding carboxylic acids is 1. The van der Waals surface area contributed by atoms with Crippen molar-refractivity contribution in [2.75, 3.05) is 5.32 Å². The van der Waals surface area contributed by atoms with E-state index in [9.17, 15) is 4.79 Å². The van der Waals surface area contributed by atoms with E-state index in [4.69, 9.17) is 17.3 Å². The van der Waals surface area contributed by atoms with Gasteiger partial charge in [-0.2, -0.15) is 0 Å². The summed E-state index contributed by atoms with van der Waals surface area (Å²) in [4.78, 5) is 15.3. The number of nitrogens with zero attached hydrogens (tertiary/aromatic N) is 1. The molecule has 0 fully saturated rings. The lowest BCUT2D eigenvalue weighted by atomic mass is 10.1. The lowest BCUT2D eigenvalue weighted by molar-refractivity contribution is -0.117. The minimum absolute atomic E-state index is 0.194. The van der Waals surface area contributed by atoms with Gasteiger partial charge >= 0.3 is 0 Å². The Morgan fingerprint density at radius 1 is 1.67 bits per heavy atom. The predicted octanol–water partition coefficient (Wildman–Crippen LogP) is 1.80. The Morgan fingerprint density at radius 2 is 2.40 bits per heavy atom. The lowest BCUT2D eigenvalue weighted by Gasteiger charge is -2.10. The highest BCUT2D eigenvalue weighted by atomic mass is 35.5. The average Bonchev–Trinajstić information content (AvgIpc) is 2.22. The molecule has 5 heteroatoms. The van der Waals surface area contributed by atoms with Crippen molar-refractivity contribution >= 4 is 23.2 Å². The Balaban J connectivity index is 2.54. The first kappa shape index (κ1) is 11.9. The number of halogens is 1. The summed E-state index contributed by atoms with van der Waals surface area (Å²) in [6, 6.07) is 2.83. The second kappa shape index (κ2) is 5.68. The van der Waals surface area contributed by atoms with E-state index in [0.717, 1.165) is 6.42 Å². The van der Waals surface area contributed by atoms with Crippen LogP contribution >= 0.6 is 11.6 Å². The molecule has 3 N–H and O–H groups in total. The normalized spacial score (nSPS) is 12.2. The van der Waals surface area contributed by atoms with E-state index >= 15 is 0 Å². The highest BCUT2D eigenvalue weighted by molar-refractivity contribution is 6.29. The van der Waals surface area contributed by atoms with Crippen LogP contribution in [0.25, 0.3) is 0 Å². The summed E-state index contributed by atoms with van der Waals surface area (Å²) >= 11 is 5.61. The number of amides is 1. The number of aromatic nitrogens is 1. The summed E-state index contributed by atoms with van der Waals surface area (Å²) in [6.45, 7) is 1.98. The molecule has 1 aromatic heterocycles. The monoisotopic (exact) mass is 227 g/mol. The van der Waals surface area contributed by atoms with Gasteiger partial charge in [0.25, 0.3) is 0 Å². The molecule has 82 valence electrons. The highest BCUT2D eigenvalue weighted by Crippen LogP contribution is 2.10. The van der Waals surface area contributed by atoms with Crippen molar-refractivity contribution in [3.8, 4) is 0 Å². The highest BCUT2D eigenvalue weighted by Gasteiger charge is 2.11. The van der Waals surface area contributed by atoms with Crippen LogP contribution in [0.3, 0.4) is 0 Å². The minimum atomic E-state index is -0.467. The van der Waals surface area contributed by atoms with Crippen LogP contribution in [0.15, 0.2) is 18.3 Å². The number of nitrogens with two attached hydrogens (primary N) is 1. The fraction of sp³-hybridized carbons (Fsp3) is 0.400. The number of hydrogen-bond acceptors (Lipinski definition) is 3. The first-order valence-electron chi connectivity index (χ1n) is 4.81. The van der Waals surface area contributed by atoms with E-state index in [0.29, 0.717) is 17.3 Å². The summed E-state index contributed by atoms with van der Waals surface area (Å²) < 4.78 is 0. The van der Waals surface area contributed by atoms with Crippen LogP contribution < -0.4 is 11.1 Å². The minimum Gasteiger partial charge on any atom is -0.323 e. The van der Waals surface area contributed by atoms with Crippen LogP contribution in [0.4, 0.5) is 5.69 Å². The maximum atomic E-state index is 11.5. The molecule has 1 atom stereocenters. The molecule has 0 unspecified atom stereocenters. The van der Waals surface area contributed by atoms with Gasteiger partial charge in [-0.1, -0.05) is 24.9 Å². The third kappa shape index (κ3) is 3.85. The molecule has 0 aliphatic carbocycles. The zero-order chi connectivity index (χ0) is 11.3. The third-order valence-corrected chi connectivity index (χ3v) is 2.15. The second-order valence-electron chi connectivity index (χ2n) is 3.25. The van der Waals surface area contributed by atoms with Crippen molar-refractivity contribution in [1.82, 2.24) is 4.98 Å². The smallest absolute Gasteiger partial charge is 0.241 e. The fourth-order valence-corrected chi connectivity index (χ4v) is 1.24. The zero-order valence-electron chi connectivity index (χ0n) is 8.53. The average molecular weight is 228 g/mol. The van der Waals surface area contributed by atoms with Crippen molar-refractivity contribution in [2.24, 2.45) is 5.73 Å². The number of anilines is 1. The molecule has 4 nitrogen and oxygen atoms in total. The lowest BCUT2D eigenvalue weighted by Crippen LogP contribution is -2.35. The molecule has 1 rings (SSSR count). The molecule has 15 heavy (non-hydrogen) atoms. The van der Waals surface area contributed by atoms with Gasteiger partial charge in [0.1, 0.15) is 5.15 Å². The predicted molar refractivity (Wildman–Crippen MR) is 60.8 cm³/mol. The molecule has 1 heterocycles. The van der Waals surface area contributed by atoms with Gasteiger partial charge in [-0.25, -0.2) is 4.98 Å². The quantitative estimate of drug-likeness (QED) is 0.771. The largest absolute Gasteiger partial charge is 0.323 e. The molecular weight excluding hydrogens is 214 g/mol. The SMILES string of the molecule is CCC[C@@H](N)C(=O)Nc1ccc(Cl)nc1. The van der Waals surface area contributed by atoms with E-state index in [2.05, 4.69) is 10.3 Å². The van der Waals surface area contributed by atoms with E-state index in [1.54, 1.807) is 12.1 Å². The standard InChI is InChI=1S/C10H14ClN3O/c1-2-3-8(12)10(15)14-7-4-5-9(11)13-6-7/h4-6,8H,2-3,12H2,1H3,(H,14,15)/t8-/m1/s1. The molecular formula is C10H14ClN3O. The van der Waals surface area contributed by atoms with E-state index < -0.39 is 6.04 Å². The summed E-state index contributed by atoms with van der Waals surface area (Å²) in [5, 5.41) is 3.06. The van der Waals surface area contributed by atoms with Gasteiger partial charge in [0.2, 0.25) is 5.91 Å². The van der Waals surface area contributed by atoms with E-state index in [1.165, 1.54) is 6.20 Å². The van der Waals surface area contributed by atoms with Crippen molar-refractivity contribution in [2.45, 2.75) is 25.8 Å². The van der Waals surface area contributed by atoms with Gasteiger partial charge in [-0.15, -0.1) is 0 Å². The molecule has 0 aliphatic heterocycles. The molecule has 0 bridgehead atoms. The summed E-state index contributed by atoms with van der Waals surface area (Å²) in [5.41, 5.74) is 6.25. The van der Waals surface area contributed by atoms with Gasteiger partial charge < -0.3 is 11.1 Å². The number of hydrogen-bond donors (Lipinski definition) is 2. The topological polar surface area (TPSA) is 68.0 Å². The summed E-state index contributed by atoms with van der Waals surface area (Å²) in [6.07, 6.45) is 3.05. The second-order valence-corrected chi connectivity index (χ2v) is 3.64. The first-order chi connectivity index (χ1) is 7.13. The van der Waals surface area contributed by atoms with Crippen LogP contribution in [0.5, 0.6) is 0 Å². The van der Waals surface area contributed by atoms with Gasteiger partial charge in [-0.3, -0.25) is 4.79 Å². The maximum Gasteiger partial charge on any atom is 0.241 e. The fourth-order valence-electron chi connectivity index (χ4n) is 1.13.